The van der Waals surface area contributed by atoms with E-state index in [9.17, 15) is 9.59 Å². The number of ether oxygens (including phenoxy) is 1. The molecule has 0 aliphatic heterocycles. The van der Waals surface area contributed by atoms with Crippen LogP contribution in [0.1, 0.15) is 46.1 Å². The first-order valence-corrected chi connectivity index (χ1v) is 9.26. The first-order chi connectivity index (χ1) is 12.0. The Morgan fingerprint density at radius 1 is 1.20 bits per heavy atom. The van der Waals surface area contributed by atoms with Crippen molar-refractivity contribution in [3.05, 3.63) is 45.8 Å². The van der Waals surface area contributed by atoms with E-state index in [0.29, 0.717) is 16.3 Å². The van der Waals surface area contributed by atoms with Gasteiger partial charge in [-0.15, -0.1) is 11.3 Å². The summed E-state index contributed by atoms with van der Waals surface area (Å²) in [5.74, 6) is -0.141. The van der Waals surface area contributed by atoms with Crippen LogP contribution in [-0.4, -0.2) is 17.9 Å². The van der Waals surface area contributed by atoms with Crippen LogP contribution in [0.3, 0.4) is 0 Å². The maximum atomic E-state index is 12.5. The number of hydrogen-bond acceptors (Lipinski definition) is 4. The number of carbonyl (C=O) groups excluding carboxylic acids is 2. The van der Waals surface area contributed by atoms with Crippen molar-refractivity contribution in [2.24, 2.45) is 5.73 Å². The van der Waals surface area contributed by atoms with Crippen molar-refractivity contribution < 1.29 is 14.3 Å². The number of hydrogen-bond donors (Lipinski definition) is 2. The zero-order valence-corrected chi connectivity index (χ0v) is 15.2. The second-order valence-corrected chi connectivity index (χ2v) is 7.45. The van der Waals surface area contributed by atoms with Gasteiger partial charge in [0.25, 0.3) is 11.8 Å². The summed E-state index contributed by atoms with van der Waals surface area (Å²) in [4.78, 5) is 25.5. The third kappa shape index (κ3) is 3.85. The summed E-state index contributed by atoms with van der Waals surface area (Å²) in [5, 5.41) is 3.38. The van der Waals surface area contributed by atoms with Gasteiger partial charge in [0, 0.05) is 4.88 Å². The van der Waals surface area contributed by atoms with E-state index in [1.54, 1.807) is 6.92 Å². The molecule has 1 aromatic carbocycles. The highest BCUT2D eigenvalue weighted by molar-refractivity contribution is 7.17. The van der Waals surface area contributed by atoms with Crippen LogP contribution in [-0.2, 0) is 17.6 Å². The van der Waals surface area contributed by atoms with Gasteiger partial charge in [-0.05, 0) is 57.2 Å². The molecular weight excluding hydrogens is 336 g/mol. The van der Waals surface area contributed by atoms with Crippen molar-refractivity contribution >= 4 is 28.2 Å². The fraction of sp³-hybridized carbons (Fsp3) is 0.368. The first kappa shape index (κ1) is 17.5. The highest BCUT2D eigenvalue weighted by Crippen LogP contribution is 2.38. The molecule has 0 saturated carbocycles. The lowest BCUT2D eigenvalue weighted by Crippen LogP contribution is -2.30. The molecule has 0 bridgehead atoms. The van der Waals surface area contributed by atoms with Crippen LogP contribution in [0.15, 0.2) is 24.3 Å². The Hall–Kier alpha value is -2.34. The van der Waals surface area contributed by atoms with Crippen LogP contribution in [0.4, 0.5) is 5.00 Å². The number of anilines is 1. The number of nitrogens with one attached hydrogen (secondary N) is 1. The molecule has 6 heteroatoms. The normalized spacial score (nSPS) is 14.5. The second kappa shape index (κ2) is 7.27. The van der Waals surface area contributed by atoms with E-state index in [0.717, 1.165) is 41.7 Å². The molecule has 1 aliphatic rings. The average molecular weight is 358 g/mol. The van der Waals surface area contributed by atoms with Crippen molar-refractivity contribution in [1.82, 2.24) is 0 Å². The molecule has 0 fully saturated rings. The van der Waals surface area contributed by atoms with E-state index in [1.807, 2.05) is 31.2 Å². The van der Waals surface area contributed by atoms with Gasteiger partial charge in [0.2, 0.25) is 0 Å². The minimum Gasteiger partial charge on any atom is -0.481 e. The van der Waals surface area contributed by atoms with E-state index in [-0.39, 0.29) is 5.91 Å². The number of aryl methyl sites for hydroxylation is 2. The summed E-state index contributed by atoms with van der Waals surface area (Å²) in [6.45, 7) is 3.68. The number of carbonyl (C=O) groups is 2. The topological polar surface area (TPSA) is 81.4 Å². The lowest BCUT2D eigenvalue weighted by Gasteiger charge is -2.15. The molecule has 3 N–H and O–H groups in total. The van der Waals surface area contributed by atoms with Gasteiger partial charge in [-0.2, -0.15) is 0 Å². The Morgan fingerprint density at radius 2 is 1.88 bits per heavy atom. The Balaban J connectivity index is 1.75. The SMILES string of the molecule is Cc1ccc(O[C@H](C)C(=O)Nc2sc3c(c2C(N)=O)CCCC3)cc1. The third-order valence-electron chi connectivity index (χ3n) is 4.36. The number of fused-ring (bicyclic) bond motifs is 1. The lowest BCUT2D eigenvalue weighted by molar-refractivity contribution is -0.122. The van der Waals surface area contributed by atoms with Crippen molar-refractivity contribution in [1.29, 1.82) is 0 Å². The van der Waals surface area contributed by atoms with Gasteiger partial charge in [0.15, 0.2) is 6.10 Å². The van der Waals surface area contributed by atoms with E-state index in [4.69, 9.17) is 10.5 Å². The molecule has 1 atom stereocenters. The van der Waals surface area contributed by atoms with Gasteiger partial charge in [0.1, 0.15) is 10.8 Å². The van der Waals surface area contributed by atoms with Gasteiger partial charge in [-0.25, -0.2) is 0 Å². The molecule has 5 nitrogen and oxygen atoms in total. The van der Waals surface area contributed by atoms with Crippen LogP contribution < -0.4 is 15.8 Å². The lowest BCUT2D eigenvalue weighted by atomic mass is 9.95. The quantitative estimate of drug-likeness (QED) is 0.859. The summed E-state index contributed by atoms with van der Waals surface area (Å²) in [5.41, 5.74) is 8.16. The van der Waals surface area contributed by atoms with Crippen LogP contribution in [0.2, 0.25) is 0 Å². The molecular formula is C19H22N2O3S. The van der Waals surface area contributed by atoms with E-state index in [2.05, 4.69) is 5.32 Å². The van der Waals surface area contributed by atoms with Crippen LogP contribution in [0, 0.1) is 6.92 Å². The van der Waals surface area contributed by atoms with Gasteiger partial charge >= 0.3 is 0 Å². The minimum atomic E-state index is -0.678. The predicted molar refractivity (Wildman–Crippen MR) is 99.4 cm³/mol. The molecule has 132 valence electrons. The molecule has 1 aromatic heterocycles. The molecule has 1 heterocycles. The second-order valence-electron chi connectivity index (χ2n) is 6.34. The van der Waals surface area contributed by atoms with Gasteiger partial charge in [0.05, 0.1) is 5.56 Å². The number of rotatable bonds is 5. The van der Waals surface area contributed by atoms with E-state index >= 15 is 0 Å². The van der Waals surface area contributed by atoms with Crippen molar-refractivity contribution in [3.63, 3.8) is 0 Å². The van der Waals surface area contributed by atoms with Gasteiger partial charge in [-0.1, -0.05) is 17.7 Å². The Kier molecular flexibility index (Phi) is 5.08. The molecule has 2 amide bonds. The van der Waals surface area contributed by atoms with Crippen LogP contribution >= 0.6 is 11.3 Å². The zero-order chi connectivity index (χ0) is 18.0. The summed E-state index contributed by atoms with van der Waals surface area (Å²) >= 11 is 1.46. The Morgan fingerprint density at radius 3 is 2.56 bits per heavy atom. The molecule has 0 radical (unpaired) electrons. The number of amides is 2. The molecule has 1 aliphatic carbocycles. The van der Waals surface area contributed by atoms with E-state index < -0.39 is 12.0 Å². The highest BCUT2D eigenvalue weighted by atomic mass is 32.1. The average Bonchev–Trinajstić information content (AvgIpc) is 2.94. The fourth-order valence-corrected chi connectivity index (χ4v) is 4.30. The van der Waals surface area contributed by atoms with E-state index in [1.165, 1.54) is 11.3 Å². The maximum Gasteiger partial charge on any atom is 0.265 e. The van der Waals surface area contributed by atoms with Crippen molar-refractivity contribution in [2.45, 2.75) is 45.6 Å². The summed E-state index contributed by atoms with van der Waals surface area (Å²) < 4.78 is 5.68. The molecule has 25 heavy (non-hydrogen) atoms. The van der Waals surface area contributed by atoms with Crippen molar-refractivity contribution in [3.8, 4) is 5.75 Å². The largest absolute Gasteiger partial charge is 0.481 e. The van der Waals surface area contributed by atoms with Crippen LogP contribution in [0.25, 0.3) is 0 Å². The molecule has 2 aromatic rings. The smallest absolute Gasteiger partial charge is 0.265 e. The van der Waals surface area contributed by atoms with Gasteiger partial charge < -0.3 is 15.8 Å². The molecule has 0 spiro atoms. The first-order valence-electron chi connectivity index (χ1n) is 8.44. The number of nitrogens with two attached hydrogens (primary N) is 1. The molecule has 0 saturated heterocycles. The summed E-state index contributed by atoms with van der Waals surface area (Å²) in [7, 11) is 0. The van der Waals surface area contributed by atoms with Crippen molar-refractivity contribution in [2.75, 3.05) is 5.32 Å². The summed E-state index contributed by atoms with van der Waals surface area (Å²) in [6, 6.07) is 7.52. The van der Waals surface area contributed by atoms with Gasteiger partial charge in [-0.3, -0.25) is 9.59 Å². The Labute approximate surface area is 151 Å². The Bertz CT molecular complexity index is 796. The standard InChI is InChI=1S/C19H22N2O3S/c1-11-7-9-13(10-8-11)24-12(2)18(23)21-19-16(17(20)22)14-5-3-4-6-15(14)25-19/h7-10,12H,3-6H2,1-2H3,(H2,20,22)(H,21,23)/t12-/m1/s1. The monoisotopic (exact) mass is 358 g/mol. The fourth-order valence-electron chi connectivity index (χ4n) is 3.00. The predicted octanol–water partition coefficient (Wildman–Crippen LogP) is 3.44. The molecule has 3 rings (SSSR count). The number of primary amides is 1. The molecule has 0 unspecified atom stereocenters. The number of thiophene rings is 1. The van der Waals surface area contributed by atoms with Crippen LogP contribution in [0.5, 0.6) is 5.75 Å². The maximum absolute atomic E-state index is 12.5. The zero-order valence-electron chi connectivity index (χ0n) is 14.4. The highest BCUT2D eigenvalue weighted by Gasteiger charge is 2.26. The number of benzene rings is 1. The third-order valence-corrected chi connectivity index (χ3v) is 5.56. The summed E-state index contributed by atoms with van der Waals surface area (Å²) in [6.07, 6.45) is 3.25. The minimum absolute atomic E-state index is 0.290.